The van der Waals surface area contributed by atoms with Gasteiger partial charge in [0.1, 0.15) is 0 Å². The molecule has 8 heteroatoms. The number of nitro groups is 1. The molecule has 114 valence electrons. The zero-order valence-electron chi connectivity index (χ0n) is 11.4. The number of hydrogen-bond donors (Lipinski definition) is 2. The quantitative estimate of drug-likeness (QED) is 0.539. The van der Waals surface area contributed by atoms with Crippen LogP contribution in [0.25, 0.3) is 0 Å². The highest BCUT2D eigenvalue weighted by Gasteiger charge is 2.19. The number of carbonyl (C=O) groups excluding carboxylic acids is 1. The van der Waals surface area contributed by atoms with Gasteiger partial charge in [-0.2, -0.15) is 0 Å². The first-order valence-electron chi connectivity index (χ1n) is 6.18. The van der Waals surface area contributed by atoms with Crippen molar-refractivity contribution in [2.75, 3.05) is 13.7 Å². The summed E-state index contributed by atoms with van der Waals surface area (Å²) >= 11 is 0. The van der Waals surface area contributed by atoms with Gasteiger partial charge in [0.2, 0.25) is 5.91 Å². The number of nitro benzene ring substituents is 1. The SMILES string of the molecule is COCC(NC(=O)CCc1cccc([N+](=O)[O-])c1)C(=O)O. The minimum absolute atomic E-state index is 0.0364. The molecule has 0 aromatic heterocycles. The molecule has 21 heavy (non-hydrogen) atoms. The van der Waals surface area contributed by atoms with Crippen LogP contribution in [0.2, 0.25) is 0 Å². The van der Waals surface area contributed by atoms with Crippen molar-refractivity contribution >= 4 is 17.6 Å². The number of aryl methyl sites for hydroxylation is 1. The molecule has 1 aromatic carbocycles. The lowest BCUT2D eigenvalue weighted by Gasteiger charge is -2.13. The number of benzene rings is 1. The summed E-state index contributed by atoms with van der Waals surface area (Å²) in [7, 11) is 1.34. The van der Waals surface area contributed by atoms with Gasteiger partial charge in [0.15, 0.2) is 6.04 Å². The molecule has 1 amide bonds. The van der Waals surface area contributed by atoms with Gasteiger partial charge >= 0.3 is 5.97 Å². The van der Waals surface area contributed by atoms with Crippen LogP contribution in [0.5, 0.6) is 0 Å². The predicted octanol–water partition coefficient (Wildman–Crippen LogP) is 0.743. The fourth-order valence-electron chi connectivity index (χ4n) is 1.69. The first-order chi connectivity index (χ1) is 9.93. The van der Waals surface area contributed by atoms with Gasteiger partial charge in [-0.3, -0.25) is 14.9 Å². The summed E-state index contributed by atoms with van der Waals surface area (Å²) < 4.78 is 4.70. The van der Waals surface area contributed by atoms with E-state index in [-0.39, 0.29) is 25.1 Å². The van der Waals surface area contributed by atoms with Crippen LogP contribution >= 0.6 is 0 Å². The molecular formula is C13H16N2O6. The van der Waals surface area contributed by atoms with Crippen LogP contribution in [0.15, 0.2) is 24.3 Å². The van der Waals surface area contributed by atoms with Gasteiger partial charge in [-0.15, -0.1) is 0 Å². The van der Waals surface area contributed by atoms with Crippen molar-refractivity contribution in [3.8, 4) is 0 Å². The lowest BCUT2D eigenvalue weighted by molar-refractivity contribution is -0.384. The van der Waals surface area contributed by atoms with Crippen LogP contribution in [0, 0.1) is 10.1 Å². The third-order valence-electron chi connectivity index (χ3n) is 2.73. The highest BCUT2D eigenvalue weighted by atomic mass is 16.6. The molecule has 0 radical (unpaired) electrons. The summed E-state index contributed by atoms with van der Waals surface area (Å²) in [6.07, 6.45) is 0.321. The van der Waals surface area contributed by atoms with Crippen LogP contribution in [0.3, 0.4) is 0 Å². The third-order valence-corrected chi connectivity index (χ3v) is 2.73. The highest BCUT2D eigenvalue weighted by Crippen LogP contribution is 2.14. The number of aliphatic carboxylic acids is 1. The van der Waals surface area contributed by atoms with Gasteiger partial charge < -0.3 is 15.2 Å². The fraction of sp³-hybridized carbons (Fsp3) is 0.385. The molecule has 0 aliphatic carbocycles. The van der Waals surface area contributed by atoms with Crippen LogP contribution in [-0.4, -0.2) is 41.7 Å². The van der Waals surface area contributed by atoms with Crippen molar-refractivity contribution in [1.29, 1.82) is 0 Å². The Morgan fingerprint density at radius 2 is 2.19 bits per heavy atom. The number of ether oxygens (including phenoxy) is 1. The van der Waals surface area contributed by atoms with Gasteiger partial charge in [0.05, 0.1) is 11.5 Å². The Morgan fingerprint density at radius 3 is 2.76 bits per heavy atom. The van der Waals surface area contributed by atoms with Crippen LogP contribution in [0.1, 0.15) is 12.0 Å². The van der Waals surface area contributed by atoms with E-state index in [1.165, 1.54) is 25.3 Å². The van der Waals surface area contributed by atoms with Crippen molar-refractivity contribution < 1.29 is 24.4 Å². The lowest BCUT2D eigenvalue weighted by atomic mass is 10.1. The summed E-state index contributed by atoms with van der Waals surface area (Å²) in [5.41, 5.74) is 0.591. The molecule has 0 saturated carbocycles. The first-order valence-corrected chi connectivity index (χ1v) is 6.18. The zero-order valence-corrected chi connectivity index (χ0v) is 11.4. The lowest BCUT2D eigenvalue weighted by Crippen LogP contribution is -2.43. The number of carboxylic acid groups (broad SMARTS) is 1. The van der Waals surface area contributed by atoms with E-state index in [0.717, 1.165) is 0 Å². The maximum atomic E-state index is 11.7. The normalized spacial score (nSPS) is 11.7. The highest BCUT2D eigenvalue weighted by molar-refractivity contribution is 5.83. The Balaban J connectivity index is 2.54. The summed E-state index contributed by atoms with van der Waals surface area (Å²) in [4.78, 5) is 32.6. The number of nitrogens with one attached hydrogen (secondary N) is 1. The summed E-state index contributed by atoms with van der Waals surface area (Å²) in [5, 5.41) is 21.8. The van der Waals surface area contributed by atoms with Gasteiger partial charge in [0, 0.05) is 25.7 Å². The second kappa shape index (κ2) is 7.95. The molecule has 0 aliphatic heterocycles. The topological polar surface area (TPSA) is 119 Å². The second-order valence-electron chi connectivity index (χ2n) is 4.34. The molecule has 0 aliphatic rings. The van der Waals surface area contributed by atoms with E-state index in [1.54, 1.807) is 6.07 Å². The first kappa shape index (κ1) is 16.6. The van der Waals surface area contributed by atoms with E-state index in [9.17, 15) is 19.7 Å². The Bertz CT molecular complexity index is 531. The second-order valence-corrected chi connectivity index (χ2v) is 4.34. The van der Waals surface area contributed by atoms with Gasteiger partial charge in [0.25, 0.3) is 5.69 Å². The van der Waals surface area contributed by atoms with Crippen LogP contribution in [0.4, 0.5) is 5.69 Å². The maximum Gasteiger partial charge on any atom is 0.328 e. The van der Waals surface area contributed by atoms with E-state index in [0.29, 0.717) is 5.56 Å². The van der Waals surface area contributed by atoms with Crippen molar-refractivity contribution in [2.45, 2.75) is 18.9 Å². The molecule has 0 spiro atoms. The average Bonchev–Trinajstić information content (AvgIpc) is 2.45. The smallest absolute Gasteiger partial charge is 0.328 e. The molecule has 1 rings (SSSR count). The van der Waals surface area contributed by atoms with E-state index < -0.39 is 22.8 Å². The largest absolute Gasteiger partial charge is 0.480 e. The molecule has 2 N–H and O–H groups in total. The molecule has 0 fully saturated rings. The molecule has 1 aromatic rings. The number of non-ortho nitro benzene ring substituents is 1. The van der Waals surface area contributed by atoms with E-state index in [2.05, 4.69) is 5.32 Å². The molecule has 0 saturated heterocycles. The molecule has 0 heterocycles. The fourth-order valence-corrected chi connectivity index (χ4v) is 1.69. The van der Waals surface area contributed by atoms with Crippen molar-refractivity contribution in [3.05, 3.63) is 39.9 Å². The van der Waals surface area contributed by atoms with Gasteiger partial charge in [-0.25, -0.2) is 4.79 Å². The number of carbonyl (C=O) groups is 2. The number of nitrogens with zero attached hydrogens (tertiary/aromatic N) is 1. The molecule has 1 unspecified atom stereocenters. The van der Waals surface area contributed by atoms with E-state index in [1.807, 2.05) is 0 Å². The van der Waals surface area contributed by atoms with E-state index in [4.69, 9.17) is 9.84 Å². The Morgan fingerprint density at radius 1 is 1.48 bits per heavy atom. The summed E-state index contributed by atoms with van der Waals surface area (Å²) in [5.74, 6) is -1.63. The zero-order chi connectivity index (χ0) is 15.8. The summed E-state index contributed by atoms with van der Waals surface area (Å²) in [6, 6.07) is 4.85. The van der Waals surface area contributed by atoms with Crippen molar-refractivity contribution in [2.24, 2.45) is 0 Å². The van der Waals surface area contributed by atoms with E-state index >= 15 is 0 Å². The van der Waals surface area contributed by atoms with Gasteiger partial charge in [-0.1, -0.05) is 12.1 Å². The number of methoxy groups -OCH3 is 1. The van der Waals surface area contributed by atoms with Crippen LogP contribution in [-0.2, 0) is 20.7 Å². The van der Waals surface area contributed by atoms with Crippen LogP contribution < -0.4 is 5.32 Å². The standard InChI is InChI=1S/C13H16N2O6/c1-21-8-11(13(17)18)14-12(16)6-5-9-3-2-4-10(7-9)15(19)20/h2-4,7,11H,5-6,8H2,1H3,(H,14,16)(H,17,18). The van der Waals surface area contributed by atoms with Crippen molar-refractivity contribution in [1.82, 2.24) is 5.32 Å². The Hall–Kier alpha value is -2.48. The molecule has 0 bridgehead atoms. The minimum atomic E-state index is -1.18. The van der Waals surface area contributed by atoms with Crippen molar-refractivity contribution in [3.63, 3.8) is 0 Å². The molecule has 8 nitrogen and oxygen atoms in total. The van der Waals surface area contributed by atoms with Gasteiger partial charge in [-0.05, 0) is 12.0 Å². The maximum absolute atomic E-state index is 11.7. The molecular weight excluding hydrogens is 280 g/mol. The monoisotopic (exact) mass is 296 g/mol. The Labute approximate surface area is 120 Å². The Kier molecular flexibility index (Phi) is 6.28. The number of hydrogen-bond acceptors (Lipinski definition) is 5. The minimum Gasteiger partial charge on any atom is -0.480 e. The number of carboxylic acids is 1. The predicted molar refractivity (Wildman–Crippen MR) is 72.9 cm³/mol. The summed E-state index contributed by atoms with van der Waals surface area (Å²) in [6.45, 7) is -0.127. The number of rotatable bonds is 8. The third kappa shape index (κ3) is 5.57. The molecule has 1 atom stereocenters. The number of amides is 1. The average molecular weight is 296 g/mol.